The molecule has 1 aromatic carbocycles. The fourth-order valence-electron chi connectivity index (χ4n) is 5.02. The number of aromatic nitrogens is 1. The van der Waals surface area contributed by atoms with E-state index in [0.29, 0.717) is 11.4 Å². The minimum absolute atomic E-state index is 0.0476. The molecule has 188 valence electrons. The van der Waals surface area contributed by atoms with Gasteiger partial charge in [-0.2, -0.15) is 0 Å². The van der Waals surface area contributed by atoms with Crippen LogP contribution in [-0.2, 0) is 16.6 Å². The lowest BCUT2D eigenvalue weighted by molar-refractivity contribution is -0.787. The van der Waals surface area contributed by atoms with E-state index >= 15 is 0 Å². The highest BCUT2D eigenvalue weighted by atomic mass is 16.2. The quantitative estimate of drug-likeness (QED) is 0.481. The third-order valence-electron chi connectivity index (χ3n) is 7.32. The summed E-state index contributed by atoms with van der Waals surface area (Å²) in [6.45, 7) is 1.91. The van der Waals surface area contributed by atoms with Gasteiger partial charge < -0.3 is 15.2 Å². The summed E-state index contributed by atoms with van der Waals surface area (Å²) < 4.78 is 3.14. The summed E-state index contributed by atoms with van der Waals surface area (Å²) in [5, 5.41) is 6.03. The van der Waals surface area contributed by atoms with E-state index in [9.17, 15) is 14.4 Å². The minimum Gasteiger partial charge on any atom is -0.335 e. The highest BCUT2D eigenvalue weighted by molar-refractivity contribution is 6.01. The molecule has 1 aliphatic carbocycles. The van der Waals surface area contributed by atoms with Crippen molar-refractivity contribution in [2.45, 2.75) is 57.9 Å². The molecule has 1 fully saturated rings. The highest BCUT2D eigenvalue weighted by Crippen LogP contribution is 2.27. The first-order chi connectivity index (χ1) is 17.3. The highest BCUT2D eigenvalue weighted by Gasteiger charge is 2.36. The van der Waals surface area contributed by atoms with Gasteiger partial charge in [-0.3, -0.25) is 14.4 Å². The zero-order valence-electron chi connectivity index (χ0n) is 21.3. The molecule has 2 amide bonds. The number of hydrogen-bond donors (Lipinski definition) is 2. The maximum atomic E-state index is 13.5. The van der Waals surface area contributed by atoms with Crippen LogP contribution in [0.2, 0.25) is 0 Å². The number of likely N-dealkylation sites (N-methyl/N-ethyl adjacent to an activating group) is 1. The van der Waals surface area contributed by atoms with Gasteiger partial charge in [0, 0.05) is 30.1 Å². The molecular formula is C28H35N5O3+2. The van der Waals surface area contributed by atoms with Crippen LogP contribution < -0.4 is 16.2 Å². The van der Waals surface area contributed by atoms with Crippen molar-refractivity contribution in [1.29, 1.82) is 0 Å². The Morgan fingerprint density at radius 2 is 1.69 bits per heavy atom. The van der Waals surface area contributed by atoms with Crippen molar-refractivity contribution in [3.8, 4) is 11.1 Å². The number of hydrogen-bond acceptors (Lipinski definition) is 3. The van der Waals surface area contributed by atoms with Gasteiger partial charge in [-0.1, -0.05) is 44.2 Å². The second-order valence-corrected chi connectivity index (χ2v) is 9.69. The summed E-state index contributed by atoms with van der Waals surface area (Å²) in [4.78, 5) is 42.5. The maximum absolute atomic E-state index is 13.5. The molecule has 36 heavy (non-hydrogen) atoms. The molecule has 0 radical (unpaired) electrons. The Kier molecular flexibility index (Phi) is 7.96. The Balaban J connectivity index is 1.52. The van der Waals surface area contributed by atoms with E-state index in [0.717, 1.165) is 55.3 Å². The lowest BCUT2D eigenvalue weighted by Gasteiger charge is -2.28. The smallest absolute Gasteiger partial charge is 0.335 e. The fourth-order valence-corrected chi connectivity index (χ4v) is 5.02. The van der Waals surface area contributed by atoms with Crippen molar-refractivity contribution < 1.29 is 19.1 Å². The number of carbonyl (C=O) groups excluding carboxylic acids is 2. The van der Waals surface area contributed by atoms with E-state index in [2.05, 4.69) is 15.4 Å². The summed E-state index contributed by atoms with van der Waals surface area (Å²) >= 11 is 0. The van der Waals surface area contributed by atoms with E-state index in [1.807, 2.05) is 37.3 Å². The number of pyridine rings is 1. The van der Waals surface area contributed by atoms with Gasteiger partial charge >= 0.3 is 17.8 Å². The molecule has 1 saturated carbocycles. The van der Waals surface area contributed by atoms with Crippen molar-refractivity contribution in [3.63, 3.8) is 0 Å². The average Bonchev–Trinajstić information content (AvgIpc) is 3.28. The van der Waals surface area contributed by atoms with E-state index in [1.165, 1.54) is 11.1 Å². The summed E-state index contributed by atoms with van der Waals surface area (Å²) in [6.07, 6.45) is 10.7. The van der Waals surface area contributed by atoms with Crippen molar-refractivity contribution >= 4 is 23.7 Å². The van der Waals surface area contributed by atoms with Gasteiger partial charge in [-0.15, -0.1) is 0 Å². The normalized spacial score (nSPS) is 17.0. The Bertz CT molecular complexity index is 1290. The molecule has 4 rings (SSSR count). The van der Waals surface area contributed by atoms with E-state index in [1.54, 1.807) is 37.0 Å². The number of allylic oxidation sites excluding steroid dienone is 1. The van der Waals surface area contributed by atoms with Crippen molar-refractivity contribution in [3.05, 3.63) is 64.2 Å². The van der Waals surface area contributed by atoms with Gasteiger partial charge in [-0.05, 0) is 49.4 Å². The SMILES string of the molecule is Cc1c(-c2ccc(NC(=O)C(NC(=O)C3=CC=[N+]=[N+]3C)C3CCCCCCC3)cc2)ccc(=O)n1C. The first kappa shape index (κ1) is 25.3. The number of nitrogens with zero attached hydrogens (tertiary/aromatic N) is 3. The second kappa shape index (κ2) is 11.3. The van der Waals surface area contributed by atoms with Crippen molar-refractivity contribution in [2.24, 2.45) is 13.0 Å². The van der Waals surface area contributed by atoms with Gasteiger partial charge in [-0.25, -0.2) is 0 Å². The van der Waals surface area contributed by atoms with E-state index in [4.69, 9.17) is 0 Å². The molecule has 2 N–H and O–H groups in total. The van der Waals surface area contributed by atoms with Gasteiger partial charge in [0.15, 0.2) is 4.79 Å². The Hall–Kier alpha value is -3.77. The molecule has 8 nitrogen and oxygen atoms in total. The average molecular weight is 490 g/mol. The van der Waals surface area contributed by atoms with Crippen molar-refractivity contribution in [1.82, 2.24) is 9.88 Å². The fraction of sp³-hybridized carbons (Fsp3) is 0.429. The summed E-state index contributed by atoms with van der Waals surface area (Å²) in [7, 11) is 3.47. The first-order valence-electron chi connectivity index (χ1n) is 12.7. The lowest BCUT2D eigenvalue weighted by Crippen LogP contribution is -2.49. The second-order valence-electron chi connectivity index (χ2n) is 9.69. The molecule has 1 aliphatic heterocycles. The number of amides is 2. The Labute approximate surface area is 211 Å². The van der Waals surface area contributed by atoms with Crippen LogP contribution in [0.4, 0.5) is 5.69 Å². The number of nitrogens with one attached hydrogen (secondary N) is 2. The van der Waals surface area contributed by atoms with Crippen LogP contribution in [0, 0.1) is 12.8 Å². The first-order valence-corrected chi connectivity index (χ1v) is 12.7. The van der Waals surface area contributed by atoms with Crippen LogP contribution in [0.25, 0.3) is 11.1 Å². The zero-order valence-corrected chi connectivity index (χ0v) is 21.3. The summed E-state index contributed by atoms with van der Waals surface area (Å²) in [5.41, 5.74) is 3.84. The van der Waals surface area contributed by atoms with Crippen molar-refractivity contribution in [2.75, 3.05) is 12.4 Å². The number of anilines is 1. The van der Waals surface area contributed by atoms with Gasteiger partial charge in [0.2, 0.25) is 18.5 Å². The summed E-state index contributed by atoms with van der Waals surface area (Å²) in [5.74, 6) is -0.421. The lowest BCUT2D eigenvalue weighted by atomic mass is 9.85. The van der Waals surface area contributed by atoms with E-state index in [-0.39, 0.29) is 23.3 Å². The maximum Gasteiger partial charge on any atom is 0.382 e. The molecule has 8 heteroatoms. The molecule has 0 saturated heterocycles. The van der Waals surface area contributed by atoms with Gasteiger partial charge in [0.1, 0.15) is 16.8 Å². The molecule has 2 heterocycles. The molecule has 0 spiro atoms. The van der Waals surface area contributed by atoms with Crippen LogP contribution >= 0.6 is 0 Å². The zero-order chi connectivity index (χ0) is 25.7. The predicted octanol–water partition coefficient (Wildman–Crippen LogP) is 3.42. The third kappa shape index (κ3) is 5.71. The molecule has 1 aromatic heterocycles. The number of rotatable bonds is 6. The molecule has 2 aromatic rings. The monoisotopic (exact) mass is 489 g/mol. The molecular weight excluding hydrogens is 454 g/mol. The topological polar surface area (TPSA) is 97.3 Å². The van der Waals surface area contributed by atoms with Crippen LogP contribution in [0.15, 0.2) is 53.0 Å². The standard InChI is InChI=1S/C28H33N5O3/c1-19-23(15-16-25(34)32(19)2)20-11-13-22(14-12-20)30-28(36)26(21-9-7-5-4-6-8-10-21)31-27(35)24-17-18-29-33(24)3/h11-18,21,26H,4-10H2,1-3H3/p+2. The molecule has 2 aliphatic rings. The molecule has 0 bridgehead atoms. The van der Waals surface area contributed by atoms with Crippen LogP contribution in [-0.4, -0.2) is 45.2 Å². The number of benzene rings is 1. The van der Waals surface area contributed by atoms with Crippen LogP contribution in [0.1, 0.15) is 50.6 Å². The van der Waals surface area contributed by atoms with Crippen LogP contribution in [0.3, 0.4) is 0 Å². The Morgan fingerprint density at radius 3 is 2.33 bits per heavy atom. The Morgan fingerprint density at radius 1 is 1.03 bits per heavy atom. The molecule has 1 atom stereocenters. The van der Waals surface area contributed by atoms with Gasteiger partial charge in [0.25, 0.3) is 0 Å². The minimum atomic E-state index is -0.629. The van der Waals surface area contributed by atoms with E-state index < -0.39 is 6.04 Å². The predicted molar refractivity (Wildman–Crippen MR) is 139 cm³/mol. The van der Waals surface area contributed by atoms with Gasteiger partial charge in [0.05, 0.1) is 0 Å². The third-order valence-corrected chi connectivity index (χ3v) is 7.32. The van der Waals surface area contributed by atoms with Crippen LogP contribution in [0.5, 0.6) is 0 Å². The summed E-state index contributed by atoms with van der Waals surface area (Å²) in [6, 6.07) is 10.3. The number of carbonyl (C=O) groups is 2. The largest absolute Gasteiger partial charge is 0.382 e. The molecule has 1 unspecified atom stereocenters.